The number of carboxylic acids is 1. The van der Waals surface area contributed by atoms with Crippen LogP contribution >= 0.6 is 11.6 Å². The molecule has 0 fully saturated rings. The van der Waals surface area contributed by atoms with Crippen LogP contribution in [0.4, 0.5) is 5.69 Å². The second kappa shape index (κ2) is 7.55. The van der Waals surface area contributed by atoms with Crippen LogP contribution in [0.2, 0.25) is 5.02 Å². The van der Waals surface area contributed by atoms with Gasteiger partial charge < -0.3 is 9.84 Å². The fourth-order valence-electron chi connectivity index (χ4n) is 2.98. The molecule has 0 amide bonds. The van der Waals surface area contributed by atoms with Crippen LogP contribution < -0.4 is 9.46 Å². The molecule has 26 heavy (non-hydrogen) atoms. The highest BCUT2D eigenvalue weighted by atomic mass is 35.5. The third-order valence-corrected chi connectivity index (χ3v) is 6.03. The van der Waals surface area contributed by atoms with Gasteiger partial charge in [-0.05, 0) is 61.2 Å². The minimum Gasteiger partial charge on any atom is -0.495 e. The van der Waals surface area contributed by atoms with E-state index in [1.807, 2.05) is 0 Å². The monoisotopic (exact) mass is 397 g/mol. The van der Waals surface area contributed by atoms with E-state index >= 15 is 0 Å². The summed E-state index contributed by atoms with van der Waals surface area (Å²) in [5, 5.41) is 9.38. The number of carbonyl (C=O) groups is 1. The van der Waals surface area contributed by atoms with Gasteiger partial charge in [-0.2, -0.15) is 0 Å². The number of nitrogens with one attached hydrogen (secondary N) is 1. The number of sulfonamides is 1. The van der Waals surface area contributed by atoms with Crippen LogP contribution in [0, 0.1) is 20.8 Å². The van der Waals surface area contributed by atoms with Gasteiger partial charge in [0.25, 0.3) is 10.0 Å². The van der Waals surface area contributed by atoms with Crippen LogP contribution in [0.1, 0.15) is 22.3 Å². The van der Waals surface area contributed by atoms with Gasteiger partial charge in [-0.25, -0.2) is 8.42 Å². The Morgan fingerprint density at radius 3 is 2.38 bits per heavy atom. The summed E-state index contributed by atoms with van der Waals surface area (Å²) < 4.78 is 33.4. The predicted octanol–water partition coefficient (Wildman–Crippen LogP) is 3.70. The highest BCUT2D eigenvalue weighted by Crippen LogP contribution is 2.31. The van der Waals surface area contributed by atoms with Crippen molar-refractivity contribution in [3.63, 3.8) is 0 Å². The van der Waals surface area contributed by atoms with Gasteiger partial charge in [0.05, 0.1) is 29.1 Å². The lowest BCUT2D eigenvalue weighted by atomic mass is 9.97. The Labute approximate surface area is 157 Å². The Bertz CT molecular complexity index is 970. The zero-order valence-electron chi connectivity index (χ0n) is 14.9. The molecular weight excluding hydrogens is 378 g/mol. The molecule has 2 N–H and O–H groups in total. The van der Waals surface area contributed by atoms with Crippen molar-refractivity contribution in [2.45, 2.75) is 32.1 Å². The Kier molecular flexibility index (Phi) is 5.83. The zero-order valence-corrected chi connectivity index (χ0v) is 16.5. The van der Waals surface area contributed by atoms with E-state index in [-0.39, 0.29) is 22.0 Å². The van der Waals surface area contributed by atoms with Crippen molar-refractivity contribution in [3.8, 4) is 5.75 Å². The van der Waals surface area contributed by atoms with Crippen molar-refractivity contribution in [1.82, 2.24) is 0 Å². The maximum absolute atomic E-state index is 12.9. The van der Waals surface area contributed by atoms with Crippen molar-refractivity contribution in [2.24, 2.45) is 0 Å². The van der Waals surface area contributed by atoms with Gasteiger partial charge >= 0.3 is 5.97 Å². The lowest BCUT2D eigenvalue weighted by Gasteiger charge is -2.18. The number of benzene rings is 2. The molecule has 2 aromatic carbocycles. The molecule has 8 heteroatoms. The molecule has 0 saturated heterocycles. The molecule has 140 valence electrons. The molecule has 0 atom stereocenters. The fourth-order valence-corrected chi connectivity index (χ4v) is 4.78. The summed E-state index contributed by atoms with van der Waals surface area (Å²) in [7, 11) is -2.46. The first kappa shape index (κ1) is 20.1. The largest absolute Gasteiger partial charge is 0.495 e. The number of rotatable bonds is 6. The van der Waals surface area contributed by atoms with E-state index in [1.165, 1.54) is 13.2 Å². The number of methoxy groups -OCH3 is 1. The molecule has 6 nitrogen and oxygen atoms in total. The second-order valence-electron chi connectivity index (χ2n) is 5.97. The molecule has 0 aliphatic heterocycles. The molecule has 2 aromatic rings. The van der Waals surface area contributed by atoms with Crippen LogP contribution in [-0.2, 0) is 21.2 Å². The summed E-state index contributed by atoms with van der Waals surface area (Å²) in [5.74, 6) is -0.584. The molecule has 0 unspecified atom stereocenters. The van der Waals surface area contributed by atoms with Crippen molar-refractivity contribution in [1.29, 1.82) is 0 Å². The van der Waals surface area contributed by atoms with Gasteiger partial charge in [-0.15, -0.1) is 0 Å². The van der Waals surface area contributed by atoms with Crippen LogP contribution in [0.5, 0.6) is 5.75 Å². The summed E-state index contributed by atoms with van der Waals surface area (Å²) in [6.07, 6.45) is -0.241. The lowest BCUT2D eigenvalue weighted by Crippen LogP contribution is -2.18. The van der Waals surface area contributed by atoms with E-state index in [9.17, 15) is 13.2 Å². The molecule has 0 aromatic heterocycles. The Morgan fingerprint density at radius 2 is 1.85 bits per heavy atom. The highest BCUT2D eigenvalue weighted by molar-refractivity contribution is 7.92. The van der Waals surface area contributed by atoms with Crippen molar-refractivity contribution in [2.75, 3.05) is 11.8 Å². The van der Waals surface area contributed by atoms with E-state index in [2.05, 4.69) is 4.72 Å². The van der Waals surface area contributed by atoms with E-state index < -0.39 is 16.0 Å². The molecule has 0 spiro atoms. The molecule has 0 aliphatic carbocycles. The standard InChI is InChI=1S/C18H20ClNO5S/c1-10-7-11(2)18(12(3)14(10)9-17(21)22)26(23,24)20-13-5-6-16(25-4)15(19)8-13/h5-8,20H,9H2,1-4H3,(H,21,22). The summed E-state index contributed by atoms with van der Waals surface area (Å²) in [4.78, 5) is 11.2. The number of hydrogen-bond donors (Lipinski definition) is 2. The van der Waals surface area contributed by atoms with Crippen LogP contribution in [0.3, 0.4) is 0 Å². The third kappa shape index (κ3) is 4.11. The van der Waals surface area contributed by atoms with E-state index in [4.69, 9.17) is 21.4 Å². The second-order valence-corrected chi connectivity index (χ2v) is 7.99. The maximum atomic E-state index is 12.9. The highest BCUT2D eigenvalue weighted by Gasteiger charge is 2.24. The van der Waals surface area contributed by atoms with E-state index in [1.54, 1.807) is 39.0 Å². The minimum absolute atomic E-state index is 0.0753. The number of aryl methyl sites for hydroxylation is 2. The third-order valence-electron chi connectivity index (χ3n) is 4.06. The predicted molar refractivity (Wildman–Crippen MR) is 101 cm³/mol. The fraction of sp³-hybridized carbons (Fsp3) is 0.278. The van der Waals surface area contributed by atoms with Crippen LogP contribution in [0.25, 0.3) is 0 Å². The molecule has 0 aliphatic rings. The van der Waals surface area contributed by atoms with Crippen LogP contribution in [0.15, 0.2) is 29.2 Å². The SMILES string of the molecule is COc1ccc(NS(=O)(=O)c2c(C)cc(C)c(CC(=O)O)c2C)cc1Cl. The zero-order chi connectivity index (χ0) is 19.6. The molecule has 2 rings (SSSR count). The summed E-state index contributed by atoms with van der Waals surface area (Å²) >= 11 is 6.05. The van der Waals surface area contributed by atoms with Gasteiger partial charge in [0, 0.05) is 0 Å². The molecule has 0 radical (unpaired) electrons. The first-order chi connectivity index (χ1) is 12.1. The summed E-state index contributed by atoms with van der Waals surface area (Å²) in [5.41, 5.74) is 2.50. The molecule has 0 bridgehead atoms. The Balaban J connectivity index is 2.52. The average molecular weight is 398 g/mol. The maximum Gasteiger partial charge on any atom is 0.307 e. The first-order valence-electron chi connectivity index (χ1n) is 7.74. The minimum atomic E-state index is -3.93. The lowest BCUT2D eigenvalue weighted by molar-refractivity contribution is -0.136. The number of anilines is 1. The van der Waals surface area contributed by atoms with Crippen molar-refractivity contribution < 1.29 is 23.1 Å². The van der Waals surface area contributed by atoms with Gasteiger partial charge in [0.1, 0.15) is 5.75 Å². The number of halogens is 1. The van der Waals surface area contributed by atoms with E-state index in [0.717, 1.165) is 5.56 Å². The average Bonchev–Trinajstić information content (AvgIpc) is 2.50. The van der Waals surface area contributed by atoms with Crippen molar-refractivity contribution in [3.05, 3.63) is 51.5 Å². The molecular formula is C18H20ClNO5S. The van der Waals surface area contributed by atoms with Crippen LogP contribution in [-0.4, -0.2) is 26.6 Å². The van der Waals surface area contributed by atoms with E-state index in [0.29, 0.717) is 22.4 Å². The van der Waals surface area contributed by atoms with Gasteiger partial charge in [-0.1, -0.05) is 17.7 Å². The molecule has 0 saturated carbocycles. The van der Waals surface area contributed by atoms with Gasteiger partial charge in [0.15, 0.2) is 0 Å². The number of aliphatic carboxylic acids is 1. The normalized spacial score (nSPS) is 11.3. The summed E-state index contributed by atoms with van der Waals surface area (Å²) in [6.45, 7) is 5.07. The van der Waals surface area contributed by atoms with Gasteiger partial charge in [0.2, 0.25) is 0 Å². The quantitative estimate of drug-likeness (QED) is 0.775. The topological polar surface area (TPSA) is 92.7 Å². The molecule has 0 heterocycles. The van der Waals surface area contributed by atoms with Crippen molar-refractivity contribution >= 4 is 33.3 Å². The number of ether oxygens (including phenoxy) is 1. The Hall–Kier alpha value is -2.25. The number of hydrogen-bond acceptors (Lipinski definition) is 4. The Morgan fingerprint density at radius 1 is 1.19 bits per heavy atom. The first-order valence-corrected chi connectivity index (χ1v) is 9.60. The van der Waals surface area contributed by atoms with Gasteiger partial charge in [-0.3, -0.25) is 9.52 Å². The summed E-state index contributed by atoms with van der Waals surface area (Å²) in [6, 6.07) is 6.24. The smallest absolute Gasteiger partial charge is 0.307 e. The number of carboxylic acid groups (broad SMARTS) is 1.